The van der Waals surface area contributed by atoms with E-state index in [9.17, 15) is 9.59 Å². The number of carboxylic acid groups (broad SMARTS) is 1. The van der Waals surface area contributed by atoms with Gasteiger partial charge in [-0.3, -0.25) is 4.79 Å². The molecule has 0 unspecified atom stereocenters. The Bertz CT molecular complexity index is 386. The summed E-state index contributed by atoms with van der Waals surface area (Å²) in [5.41, 5.74) is 0.171. The second kappa shape index (κ2) is 5.62. The molecule has 1 aromatic rings. The van der Waals surface area contributed by atoms with Gasteiger partial charge in [0.15, 0.2) is 0 Å². The molecular formula is C10H13NO4S. The van der Waals surface area contributed by atoms with Gasteiger partial charge >= 0.3 is 5.97 Å². The Morgan fingerprint density at radius 1 is 1.56 bits per heavy atom. The molecule has 0 aliphatic rings. The minimum Gasteiger partial charge on any atom is -0.478 e. The number of thiophene rings is 1. The zero-order valence-electron chi connectivity index (χ0n) is 9.02. The van der Waals surface area contributed by atoms with Gasteiger partial charge < -0.3 is 15.2 Å². The number of aromatic carboxylic acids is 1. The van der Waals surface area contributed by atoms with Crippen molar-refractivity contribution in [1.29, 1.82) is 0 Å². The van der Waals surface area contributed by atoms with Crippen LogP contribution in [0.1, 0.15) is 24.2 Å². The maximum atomic E-state index is 11.3. The lowest BCUT2D eigenvalue weighted by Gasteiger charge is -2.06. The number of carboxylic acids is 1. The van der Waals surface area contributed by atoms with Crippen molar-refractivity contribution >= 4 is 28.2 Å². The van der Waals surface area contributed by atoms with Gasteiger partial charge in [-0.05, 0) is 19.9 Å². The van der Waals surface area contributed by atoms with Gasteiger partial charge in [-0.25, -0.2) is 4.79 Å². The Balaban J connectivity index is 2.46. The zero-order chi connectivity index (χ0) is 12.1. The molecule has 0 saturated heterocycles. The summed E-state index contributed by atoms with van der Waals surface area (Å²) in [5, 5.41) is 13.2. The van der Waals surface area contributed by atoms with Crippen molar-refractivity contribution in [3.63, 3.8) is 0 Å². The maximum absolute atomic E-state index is 11.3. The highest BCUT2D eigenvalue weighted by molar-refractivity contribution is 7.14. The normalized spacial score (nSPS) is 10.4. The van der Waals surface area contributed by atoms with E-state index in [1.165, 1.54) is 22.8 Å². The first-order valence-corrected chi connectivity index (χ1v) is 5.60. The molecule has 0 aliphatic heterocycles. The molecule has 0 saturated carbocycles. The van der Waals surface area contributed by atoms with E-state index in [1.54, 1.807) is 0 Å². The van der Waals surface area contributed by atoms with Crippen molar-refractivity contribution in [2.24, 2.45) is 0 Å². The van der Waals surface area contributed by atoms with Gasteiger partial charge in [0.1, 0.15) is 6.61 Å². The molecule has 1 heterocycles. The topological polar surface area (TPSA) is 75.6 Å². The van der Waals surface area contributed by atoms with Crippen LogP contribution >= 0.6 is 11.3 Å². The number of carbonyl (C=O) groups excluding carboxylic acids is 1. The first-order chi connectivity index (χ1) is 7.49. The lowest BCUT2D eigenvalue weighted by atomic mass is 10.3. The third kappa shape index (κ3) is 4.00. The number of carbonyl (C=O) groups is 2. The second-order valence-corrected chi connectivity index (χ2v) is 4.32. The highest BCUT2D eigenvalue weighted by Gasteiger charge is 2.09. The van der Waals surface area contributed by atoms with E-state index in [2.05, 4.69) is 5.32 Å². The Morgan fingerprint density at radius 3 is 2.75 bits per heavy atom. The number of hydrogen-bond donors (Lipinski definition) is 2. The predicted octanol–water partition coefficient (Wildman–Crippen LogP) is 1.81. The van der Waals surface area contributed by atoms with Gasteiger partial charge in [-0.2, -0.15) is 0 Å². The number of anilines is 1. The number of nitrogens with one attached hydrogen (secondary N) is 1. The van der Waals surface area contributed by atoms with E-state index in [4.69, 9.17) is 9.84 Å². The third-order valence-corrected chi connectivity index (χ3v) is 2.50. The molecule has 2 N–H and O–H groups in total. The van der Waals surface area contributed by atoms with Gasteiger partial charge in [-0.1, -0.05) is 0 Å². The maximum Gasteiger partial charge on any atom is 0.336 e. The summed E-state index contributed by atoms with van der Waals surface area (Å²) in [6.45, 7) is 3.64. The van der Waals surface area contributed by atoms with Crippen LogP contribution in [0.3, 0.4) is 0 Å². The number of amides is 1. The molecule has 0 spiro atoms. The van der Waals surface area contributed by atoms with Gasteiger partial charge in [0, 0.05) is 5.38 Å². The van der Waals surface area contributed by atoms with Crippen molar-refractivity contribution in [2.45, 2.75) is 20.0 Å². The van der Waals surface area contributed by atoms with E-state index in [1.807, 2.05) is 13.8 Å². The average molecular weight is 243 g/mol. The van der Waals surface area contributed by atoms with Crippen molar-refractivity contribution in [1.82, 2.24) is 0 Å². The van der Waals surface area contributed by atoms with Crippen LogP contribution in [0, 0.1) is 0 Å². The van der Waals surface area contributed by atoms with Gasteiger partial charge in [0.05, 0.1) is 16.7 Å². The van der Waals surface area contributed by atoms with Crippen LogP contribution in [0.5, 0.6) is 0 Å². The minimum atomic E-state index is -1.00. The van der Waals surface area contributed by atoms with Crippen LogP contribution < -0.4 is 5.32 Å². The van der Waals surface area contributed by atoms with E-state index in [0.717, 1.165) is 0 Å². The SMILES string of the molecule is CC(C)OCC(=O)Nc1cc(C(=O)O)cs1. The van der Waals surface area contributed by atoms with Crippen LogP contribution in [-0.4, -0.2) is 29.7 Å². The molecular weight excluding hydrogens is 230 g/mol. The summed E-state index contributed by atoms with van der Waals surface area (Å²) in [5.74, 6) is -1.29. The predicted molar refractivity (Wildman–Crippen MR) is 61.0 cm³/mol. The fourth-order valence-electron chi connectivity index (χ4n) is 0.930. The highest BCUT2D eigenvalue weighted by atomic mass is 32.1. The lowest BCUT2D eigenvalue weighted by molar-refractivity contribution is -0.121. The number of hydrogen-bond acceptors (Lipinski definition) is 4. The first-order valence-electron chi connectivity index (χ1n) is 4.72. The van der Waals surface area contributed by atoms with Crippen molar-refractivity contribution in [2.75, 3.05) is 11.9 Å². The van der Waals surface area contributed by atoms with E-state index < -0.39 is 5.97 Å². The quantitative estimate of drug-likeness (QED) is 0.827. The van der Waals surface area contributed by atoms with Crippen LogP contribution in [0.25, 0.3) is 0 Å². The molecule has 0 fully saturated rings. The third-order valence-electron chi connectivity index (χ3n) is 1.66. The minimum absolute atomic E-state index is 0.0105. The summed E-state index contributed by atoms with van der Waals surface area (Å²) in [6.07, 6.45) is -0.0105. The average Bonchev–Trinajstić information content (AvgIpc) is 2.63. The molecule has 6 heteroatoms. The highest BCUT2D eigenvalue weighted by Crippen LogP contribution is 2.20. The molecule has 1 aromatic heterocycles. The van der Waals surface area contributed by atoms with Crippen molar-refractivity contribution in [3.05, 3.63) is 17.0 Å². The Morgan fingerprint density at radius 2 is 2.25 bits per heavy atom. The Hall–Kier alpha value is -1.40. The molecule has 0 aliphatic carbocycles. The molecule has 0 aromatic carbocycles. The number of ether oxygens (including phenoxy) is 1. The molecule has 16 heavy (non-hydrogen) atoms. The van der Waals surface area contributed by atoms with Crippen LogP contribution in [0.15, 0.2) is 11.4 Å². The van der Waals surface area contributed by atoms with Crippen LogP contribution in [-0.2, 0) is 9.53 Å². The fraction of sp³-hybridized carbons (Fsp3) is 0.400. The second-order valence-electron chi connectivity index (χ2n) is 3.41. The zero-order valence-corrected chi connectivity index (χ0v) is 9.84. The number of rotatable bonds is 5. The summed E-state index contributed by atoms with van der Waals surface area (Å²) in [4.78, 5) is 21.9. The molecule has 1 amide bonds. The molecule has 0 radical (unpaired) electrons. The first kappa shape index (κ1) is 12.7. The van der Waals surface area contributed by atoms with Crippen LogP contribution in [0.2, 0.25) is 0 Å². The summed E-state index contributed by atoms with van der Waals surface area (Å²) in [6, 6.07) is 1.42. The molecule has 1 rings (SSSR count). The molecule has 5 nitrogen and oxygen atoms in total. The lowest BCUT2D eigenvalue weighted by Crippen LogP contribution is -2.20. The largest absolute Gasteiger partial charge is 0.478 e. The molecule has 0 atom stereocenters. The smallest absolute Gasteiger partial charge is 0.336 e. The fourth-order valence-corrected chi connectivity index (χ4v) is 1.72. The van der Waals surface area contributed by atoms with E-state index >= 15 is 0 Å². The molecule has 88 valence electrons. The van der Waals surface area contributed by atoms with E-state index in [-0.39, 0.29) is 24.2 Å². The monoisotopic (exact) mass is 243 g/mol. The summed E-state index contributed by atoms with van der Waals surface area (Å²) in [7, 11) is 0. The van der Waals surface area contributed by atoms with Crippen molar-refractivity contribution in [3.8, 4) is 0 Å². The van der Waals surface area contributed by atoms with Gasteiger partial charge in [0.2, 0.25) is 0 Å². The van der Waals surface area contributed by atoms with E-state index in [0.29, 0.717) is 5.00 Å². The molecule has 0 bridgehead atoms. The summed E-state index contributed by atoms with van der Waals surface area (Å²) >= 11 is 1.17. The van der Waals surface area contributed by atoms with Crippen molar-refractivity contribution < 1.29 is 19.4 Å². The Kier molecular flexibility index (Phi) is 4.45. The Labute approximate surface area is 97.0 Å². The standard InChI is InChI=1S/C10H13NO4S/c1-6(2)15-4-8(12)11-9-3-7(5-16-9)10(13)14/h3,5-6H,4H2,1-2H3,(H,11,12)(H,13,14). The summed E-state index contributed by atoms with van der Waals surface area (Å²) < 4.78 is 5.11. The van der Waals surface area contributed by atoms with Gasteiger partial charge in [-0.15, -0.1) is 11.3 Å². The van der Waals surface area contributed by atoms with Gasteiger partial charge in [0.25, 0.3) is 5.91 Å². The van der Waals surface area contributed by atoms with Crippen LogP contribution in [0.4, 0.5) is 5.00 Å².